The molecule has 1 aliphatic heterocycles. The quantitative estimate of drug-likeness (QED) is 0.794. The summed E-state index contributed by atoms with van der Waals surface area (Å²) in [5.41, 5.74) is 0.459. The number of nitrogens with zero attached hydrogens (tertiary/aromatic N) is 1. The Hall–Kier alpha value is -0.690. The number of benzene rings is 1. The smallest absolute Gasteiger partial charge is 0.261 e. The topological polar surface area (TPSA) is 46.6 Å². The van der Waals surface area contributed by atoms with Crippen molar-refractivity contribution >= 4 is 19.7 Å². The maximum Gasteiger partial charge on any atom is 0.261 e. The summed E-state index contributed by atoms with van der Waals surface area (Å²) in [6.45, 7) is 3.20. The summed E-state index contributed by atoms with van der Waals surface area (Å²) in [5, 5.41) is 0. The highest BCUT2D eigenvalue weighted by atomic mass is 35.7. The third kappa shape index (κ3) is 3.41. The molecule has 0 atom stereocenters. The predicted molar refractivity (Wildman–Crippen MR) is 65.5 cm³/mol. The summed E-state index contributed by atoms with van der Waals surface area (Å²) in [4.78, 5) is 1.84. The average Bonchev–Trinajstić information content (AvgIpc) is 2.32. The highest BCUT2D eigenvalue weighted by Crippen LogP contribution is 2.19. The molecule has 1 aliphatic rings. The number of halogens is 2. The van der Waals surface area contributed by atoms with Gasteiger partial charge in [-0.15, -0.1) is 0 Å². The lowest BCUT2D eigenvalue weighted by Crippen LogP contribution is -2.35. The van der Waals surface area contributed by atoms with Crippen molar-refractivity contribution in [3.05, 3.63) is 29.6 Å². The van der Waals surface area contributed by atoms with Crippen LogP contribution in [0.2, 0.25) is 0 Å². The van der Waals surface area contributed by atoms with Gasteiger partial charge >= 0.3 is 0 Å². The lowest BCUT2D eigenvalue weighted by molar-refractivity contribution is 0.0337. The van der Waals surface area contributed by atoms with Crippen molar-refractivity contribution in [1.82, 2.24) is 4.90 Å². The SMILES string of the molecule is O=S(=O)(Cl)c1ccc(CN2CCOCC2)c(F)c1. The van der Waals surface area contributed by atoms with E-state index in [1.54, 1.807) is 0 Å². The molecule has 1 fully saturated rings. The molecule has 4 nitrogen and oxygen atoms in total. The first-order valence-electron chi connectivity index (χ1n) is 5.50. The molecule has 0 aromatic heterocycles. The Kier molecular flexibility index (Phi) is 4.21. The Morgan fingerprint density at radius 1 is 1.33 bits per heavy atom. The zero-order valence-corrected chi connectivity index (χ0v) is 11.2. The molecule has 7 heteroatoms. The van der Waals surface area contributed by atoms with E-state index in [1.807, 2.05) is 0 Å². The van der Waals surface area contributed by atoms with Crippen molar-refractivity contribution < 1.29 is 17.5 Å². The van der Waals surface area contributed by atoms with Gasteiger partial charge in [0.25, 0.3) is 9.05 Å². The van der Waals surface area contributed by atoms with E-state index in [0.717, 1.165) is 19.2 Å². The molecule has 0 bridgehead atoms. The molecule has 0 saturated carbocycles. The number of ether oxygens (including phenoxy) is 1. The van der Waals surface area contributed by atoms with Crippen molar-refractivity contribution in [1.29, 1.82) is 0 Å². The highest BCUT2D eigenvalue weighted by Gasteiger charge is 2.16. The standard InChI is InChI=1S/C11H13ClFNO3S/c12-18(15,16)10-2-1-9(11(13)7-10)8-14-3-5-17-6-4-14/h1-2,7H,3-6,8H2. The van der Waals surface area contributed by atoms with E-state index in [2.05, 4.69) is 4.90 Å². The van der Waals surface area contributed by atoms with E-state index in [0.29, 0.717) is 25.3 Å². The van der Waals surface area contributed by atoms with Gasteiger partial charge in [0.2, 0.25) is 0 Å². The van der Waals surface area contributed by atoms with Gasteiger partial charge in [-0.05, 0) is 12.1 Å². The zero-order valence-electron chi connectivity index (χ0n) is 9.60. The molecule has 100 valence electrons. The van der Waals surface area contributed by atoms with Crippen LogP contribution in [-0.4, -0.2) is 39.6 Å². The molecule has 1 saturated heterocycles. The van der Waals surface area contributed by atoms with Crippen LogP contribution in [0.1, 0.15) is 5.56 Å². The molecular weight excluding hydrogens is 281 g/mol. The summed E-state index contributed by atoms with van der Waals surface area (Å²) < 4.78 is 41.1. The third-order valence-electron chi connectivity index (χ3n) is 2.80. The van der Waals surface area contributed by atoms with Crippen LogP contribution in [0.3, 0.4) is 0 Å². The van der Waals surface area contributed by atoms with E-state index in [1.165, 1.54) is 12.1 Å². The molecule has 0 unspecified atom stereocenters. The van der Waals surface area contributed by atoms with Crippen LogP contribution < -0.4 is 0 Å². The summed E-state index contributed by atoms with van der Waals surface area (Å²) >= 11 is 0. The van der Waals surface area contributed by atoms with Gasteiger partial charge in [0.05, 0.1) is 18.1 Å². The van der Waals surface area contributed by atoms with Crippen molar-refractivity contribution in [2.75, 3.05) is 26.3 Å². The van der Waals surface area contributed by atoms with Crippen LogP contribution in [0.5, 0.6) is 0 Å². The lowest BCUT2D eigenvalue weighted by Gasteiger charge is -2.26. The van der Waals surface area contributed by atoms with Crippen LogP contribution in [-0.2, 0) is 20.3 Å². The second-order valence-corrected chi connectivity index (χ2v) is 6.65. The molecule has 1 heterocycles. The Balaban J connectivity index is 2.14. The molecule has 0 N–H and O–H groups in total. The van der Waals surface area contributed by atoms with Gasteiger partial charge in [-0.3, -0.25) is 4.90 Å². The van der Waals surface area contributed by atoms with Crippen LogP contribution in [0.25, 0.3) is 0 Å². The normalized spacial score (nSPS) is 17.9. The minimum atomic E-state index is -3.88. The zero-order chi connectivity index (χ0) is 13.2. The second kappa shape index (κ2) is 5.52. The minimum Gasteiger partial charge on any atom is -0.379 e. The molecule has 1 aromatic rings. The summed E-state index contributed by atoms with van der Waals surface area (Å²) in [5.74, 6) is -0.553. The number of hydrogen-bond donors (Lipinski definition) is 0. The third-order valence-corrected chi connectivity index (χ3v) is 4.16. The fourth-order valence-electron chi connectivity index (χ4n) is 1.81. The van der Waals surface area contributed by atoms with E-state index < -0.39 is 14.9 Å². The number of morpholine rings is 1. The van der Waals surface area contributed by atoms with Gasteiger partial charge in [-0.25, -0.2) is 12.8 Å². The number of rotatable bonds is 3. The average molecular weight is 294 g/mol. The first kappa shape index (κ1) is 13.7. The molecule has 18 heavy (non-hydrogen) atoms. The van der Waals surface area contributed by atoms with E-state index in [4.69, 9.17) is 15.4 Å². The first-order chi connectivity index (χ1) is 8.47. The molecule has 0 radical (unpaired) electrons. The summed E-state index contributed by atoms with van der Waals surface area (Å²) in [7, 11) is 1.28. The molecule has 2 rings (SSSR count). The molecule has 1 aromatic carbocycles. The Labute approximate surface area is 110 Å². The van der Waals surface area contributed by atoms with Gasteiger partial charge in [-0.2, -0.15) is 0 Å². The maximum atomic E-state index is 13.8. The maximum absolute atomic E-state index is 13.8. The van der Waals surface area contributed by atoms with Crippen molar-refractivity contribution in [2.24, 2.45) is 0 Å². The molecule has 0 spiro atoms. The van der Waals surface area contributed by atoms with Crippen molar-refractivity contribution in [3.8, 4) is 0 Å². The Bertz CT molecular complexity index is 529. The highest BCUT2D eigenvalue weighted by molar-refractivity contribution is 8.13. The van der Waals surface area contributed by atoms with Crippen LogP contribution in [0, 0.1) is 5.82 Å². The van der Waals surface area contributed by atoms with E-state index in [9.17, 15) is 12.8 Å². The Morgan fingerprint density at radius 3 is 2.56 bits per heavy atom. The second-order valence-electron chi connectivity index (χ2n) is 4.08. The van der Waals surface area contributed by atoms with Crippen molar-refractivity contribution in [2.45, 2.75) is 11.4 Å². The van der Waals surface area contributed by atoms with Gasteiger partial charge in [0.1, 0.15) is 5.82 Å². The largest absolute Gasteiger partial charge is 0.379 e. The lowest BCUT2D eigenvalue weighted by atomic mass is 10.2. The fourth-order valence-corrected chi connectivity index (χ4v) is 2.57. The van der Waals surface area contributed by atoms with Gasteiger partial charge in [0.15, 0.2) is 0 Å². The molecule has 0 amide bonds. The number of hydrogen-bond acceptors (Lipinski definition) is 4. The molecular formula is C11H13ClFNO3S. The van der Waals surface area contributed by atoms with Gasteiger partial charge in [-0.1, -0.05) is 6.07 Å². The summed E-state index contributed by atoms with van der Waals surface area (Å²) in [6, 6.07) is 3.74. The van der Waals surface area contributed by atoms with Gasteiger partial charge < -0.3 is 4.74 Å². The fraction of sp³-hybridized carbons (Fsp3) is 0.455. The monoisotopic (exact) mass is 293 g/mol. The predicted octanol–water partition coefficient (Wildman–Crippen LogP) is 1.59. The van der Waals surface area contributed by atoms with Crippen LogP contribution in [0.4, 0.5) is 4.39 Å². The minimum absolute atomic E-state index is 0.215. The van der Waals surface area contributed by atoms with E-state index in [-0.39, 0.29) is 4.90 Å². The van der Waals surface area contributed by atoms with Crippen LogP contribution in [0.15, 0.2) is 23.1 Å². The van der Waals surface area contributed by atoms with Crippen LogP contribution >= 0.6 is 10.7 Å². The summed E-state index contributed by atoms with van der Waals surface area (Å²) in [6.07, 6.45) is 0. The molecule has 0 aliphatic carbocycles. The van der Waals surface area contributed by atoms with Crippen molar-refractivity contribution in [3.63, 3.8) is 0 Å². The van der Waals surface area contributed by atoms with E-state index >= 15 is 0 Å². The first-order valence-corrected chi connectivity index (χ1v) is 7.81. The van der Waals surface area contributed by atoms with Gasteiger partial charge in [0, 0.05) is 35.9 Å². The Morgan fingerprint density at radius 2 is 2.00 bits per heavy atom.